The van der Waals surface area contributed by atoms with Crippen LogP contribution in [-0.2, 0) is 22.8 Å². The summed E-state index contributed by atoms with van der Waals surface area (Å²) in [7, 11) is 0.605. The lowest BCUT2D eigenvalue weighted by Gasteiger charge is -2.26. The van der Waals surface area contributed by atoms with Gasteiger partial charge in [0.05, 0.1) is 6.61 Å². The average Bonchev–Trinajstić information content (AvgIpc) is 2.38. The van der Waals surface area contributed by atoms with Crippen LogP contribution in [0.2, 0.25) is 6.04 Å². The van der Waals surface area contributed by atoms with E-state index in [0.29, 0.717) is 25.7 Å². The van der Waals surface area contributed by atoms with Gasteiger partial charge in [-0.1, -0.05) is 13.5 Å². The smallest absolute Gasteiger partial charge is 0.463 e. The van der Waals surface area contributed by atoms with Gasteiger partial charge in [-0.05, 0) is 12.8 Å². The molecule has 0 aliphatic carbocycles. The molecule has 0 aliphatic heterocycles. The number of carbonyl (C=O) groups is 1. The Kier molecular flexibility index (Phi) is 8.97. The van der Waals surface area contributed by atoms with E-state index in [9.17, 15) is 4.79 Å². The van der Waals surface area contributed by atoms with Crippen molar-refractivity contribution in [3.63, 3.8) is 0 Å². The monoisotopic (exact) mass is 262 g/mol. The van der Waals surface area contributed by atoms with Crippen LogP contribution in [0.25, 0.3) is 0 Å². The topological polar surface area (TPSA) is 54.0 Å². The van der Waals surface area contributed by atoms with Crippen LogP contribution >= 0.6 is 0 Å². The Morgan fingerprint density at radius 1 is 1.29 bits per heavy atom. The van der Waals surface area contributed by atoms with Crippen LogP contribution in [-0.4, -0.2) is 42.2 Å². The number of ether oxygens (including phenoxy) is 1. The summed E-state index contributed by atoms with van der Waals surface area (Å²) in [5, 5.41) is 0. The molecule has 0 atom stereocenters. The first-order valence-electron chi connectivity index (χ1n) is 5.67. The van der Waals surface area contributed by atoms with Crippen molar-refractivity contribution in [3.8, 4) is 0 Å². The molecular formula is C11H22O5Si. The van der Waals surface area contributed by atoms with Crippen LogP contribution in [0.5, 0.6) is 0 Å². The van der Waals surface area contributed by atoms with E-state index in [4.69, 9.17) is 18.0 Å². The highest BCUT2D eigenvalue weighted by Crippen LogP contribution is 2.16. The van der Waals surface area contributed by atoms with Gasteiger partial charge in [0.1, 0.15) is 0 Å². The lowest BCUT2D eigenvalue weighted by atomic mass is 10.5. The molecule has 0 radical (unpaired) electrons. The van der Waals surface area contributed by atoms with Crippen LogP contribution in [0, 0.1) is 0 Å². The second-order valence-electron chi connectivity index (χ2n) is 3.41. The number of rotatable bonds is 10. The van der Waals surface area contributed by atoms with Gasteiger partial charge in [0.25, 0.3) is 0 Å². The Balaban J connectivity index is 3.98. The Labute approximate surface area is 104 Å². The third kappa shape index (κ3) is 6.57. The normalized spacial score (nSPS) is 11.2. The first kappa shape index (κ1) is 16.3. The first-order chi connectivity index (χ1) is 8.14. The zero-order valence-corrected chi connectivity index (χ0v) is 11.9. The average molecular weight is 262 g/mol. The SMILES string of the molecule is C=CC(=O)OCCC[Si](OC)(OC)OCCC. The molecule has 0 heterocycles. The van der Waals surface area contributed by atoms with Gasteiger partial charge in [-0.15, -0.1) is 0 Å². The van der Waals surface area contributed by atoms with Crippen LogP contribution in [0.15, 0.2) is 12.7 Å². The number of hydrogen-bond acceptors (Lipinski definition) is 5. The van der Waals surface area contributed by atoms with Gasteiger partial charge >= 0.3 is 14.8 Å². The highest BCUT2D eigenvalue weighted by molar-refractivity contribution is 6.60. The van der Waals surface area contributed by atoms with Crippen molar-refractivity contribution in [2.45, 2.75) is 25.8 Å². The van der Waals surface area contributed by atoms with Crippen LogP contribution in [0.1, 0.15) is 19.8 Å². The minimum atomic E-state index is -2.56. The standard InChI is InChI=1S/C11H22O5Si/c1-5-8-16-17(13-3,14-4)10-7-9-15-11(12)6-2/h6H,2,5,7-10H2,1,3-4H3. The molecule has 0 aromatic rings. The molecule has 0 aromatic carbocycles. The molecule has 100 valence electrons. The molecule has 17 heavy (non-hydrogen) atoms. The third-order valence-electron chi connectivity index (χ3n) is 2.19. The minimum absolute atomic E-state index is 0.321. The predicted octanol–water partition coefficient (Wildman–Crippen LogP) is 1.76. The summed E-state index contributed by atoms with van der Waals surface area (Å²) in [6.07, 6.45) is 2.70. The molecule has 5 nitrogen and oxygen atoms in total. The molecular weight excluding hydrogens is 240 g/mol. The van der Waals surface area contributed by atoms with E-state index in [1.54, 1.807) is 14.2 Å². The Hall–Kier alpha value is -0.693. The van der Waals surface area contributed by atoms with Gasteiger partial charge < -0.3 is 18.0 Å². The highest BCUT2D eigenvalue weighted by atomic mass is 28.4. The lowest BCUT2D eigenvalue weighted by molar-refractivity contribution is -0.137. The zero-order valence-electron chi connectivity index (χ0n) is 10.9. The Morgan fingerprint density at radius 3 is 2.41 bits per heavy atom. The molecule has 0 aromatic heterocycles. The van der Waals surface area contributed by atoms with Crippen molar-refractivity contribution in [3.05, 3.63) is 12.7 Å². The zero-order chi connectivity index (χ0) is 13.1. The molecule has 0 rings (SSSR count). The minimum Gasteiger partial charge on any atom is -0.463 e. The summed E-state index contributed by atoms with van der Waals surface area (Å²) in [4.78, 5) is 10.8. The van der Waals surface area contributed by atoms with E-state index < -0.39 is 14.8 Å². The van der Waals surface area contributed by atoms with Gasteiger partial charge in [-0.3, -0.25) is 0 Å². The summed E-state index contributed by atoms with van der Waals surface area (Å²) < 4.78 is 21.2. The van der Waals surface area contributed by atoms with E-state index in [-0.39, 0.29) is 0 Å². The van der Waals surface area contributed by atoms with Crippen LogP contribution < -0.4 is 0 Å². The third-order valence-corrected chi connectivity index (χ3v) is 5.04. The van der Waals surface area contributed by atoms with Crippen LogP contribution in [0.3, 0.4) is 0 Å². The number of carbonyl (C=O) groups excluding carboxylic acids is 1. The van der Waals surface area contributed by atoms with Crippen molar-refractivity contribution in [2.75, 3.05) is 27.4 Å². The summed E-state index contributed by atoms with van der Waals surface area (Å²) in [6.45, 7) is 6.28. The van der Waals surface area contributed by atoms with Gasteiger partial charge in [0.2, 0.25) is 0 Å². The van der Waals surface area contributed by atoms with Crippen molar-refractivity contribution >= 4 is 14.8 Å². The molecule has 0 bridgehead atoms. The molecule has 0 unspecified atom stereocenters. The van der Waals surface area contributed by atoms with E-state index >= 15 is 0 Å². The van der Waals surface area contributed by atoms with E-state index in [0.717, 1.165) is 12.5 Å². The molecule has 0 spiro atoms. The summed E-state index contributed by atoms with van der Waals surface area (Å²) in [5.41, 5.74) is 0. The second kappa shape index (κ2) is 9.35. The molecule has 6 heteroatoms. The molecule has 0 saturated carbocycles. The Bertz CT molecular complexity index is 228. The molecule has 0 N–H and O–H groups in total. The quantitative estimate of drug-likeness (QED) is 0.260. The maximum atomic E-state index is 10.8. The van der Waals surface area contributed by atoms with Crippen LogP contribution in [0.4, 0.5) is 0 Å². The van der Waals surface area contributed by atoms with E-state index in [1.807, 2.05) is 6.92 Å². The maximum absolute atomic E-state index is 10.8. The number of hydrogen-bond donors (Lipinski definition) is 0. The predicted molar refractivity (Wildman–Crippen MR) is 66.6 cm³/mol. The largest absolute Gasteiger partial charge is 0.500 e. The van der Waals surface area contributed by atoms with Gasteiger partial charge in [-0.2, -0.15) is 0 Å². The van der Waals surface area contributed by atoms with Gasteiger partial charge in [0, 0.05) is 32.9 Å². The highest BCUT2D eigenvalue weighted by Gasteiger charge is 2.38. The van der Waals surface area contributed by atoms with Gasteiger partial charge in [0.15, 0.2) is 0 Å². The van der Waals surface area contributed by atoms with E-state index in [2.05, 4.69) is 6.58 Å². The van der Waals surface area contributed by atoms with Crippen molar-refractivity contribution in [2.24, 2.45) is 0 Å². The van der Waals surface area contributed by atoms with Crippen molar-refractivity contribution < 1.29 is 22.8 Å². The second-order valence-corrected chi connectivity index (χ2v) is 6.39. The molecule has 0 aliphatic rings. The number of esters is 1. The first-order valence-corrected chi connectivity index (χ1v) is 7.60. The Morgan fingerprint density at radius 2 is 1.94 bits per heavy atom. The molecule has 0 saturated heterocycles. The van der Waals surface area contributed by atoms with E-state index in [1.165, 1.54) is 0 Å². The summed E-state index contributed by atoms with van der Waals surface area (Å²) in [6, 6.07) is 0.629. The fourth-order valence-electron chi connectivity index (χ4n) is 1.26. The molecule has 0 fully saturated rings. The van der Waals surface area contributed by atoms with Crippen molar-refractivity contribution in [1.82, 2.24) is 0 Å². The van der Waals surface area contributed by atoms with Crippen molar-refractivity contribution in [1.29, 1.82) is 0 Å². The maximum Gasteiger partial charge on any atom is 0.500 e. The summed E-state index contributed by atoms with van der Waals surface area (Å²) in [5.74, 6) is -0.415. The van der Waals surface area contributed by atoms with Gasteiger partial charge in [-0.25, -0.2) is 4.79 Å². The fourth-order valence-corrected chi connectivity index (χ4v) is 3.30. The molecule has 0 amide bonds. The lowest BCUT2D eigenvalue weighted by Crippen LogP contribution is -2.44. The summed E-state index contributed by atoms with van der Waals surface area (Å²) >= 11 is 0. The fraction of sp³-hybridized carbons (Fsp3) is 0.727.